The van der Waals surface area contributed by atoms with Gasteiger partial charge in [-0.1, -0.05) is 70.1 Å². The smallest absolute Gasteiger partial charge is 0.307 e. The Morgan fingerprint density at radius 3 is 2.11 bits per heavy atom. The minimum absolute atomic E-state index is 0.0812. The maximum Gasteiger partial charge on any atom is 0.307 e. The Kier molecular flexibility index (Phi) is 7.86. The molecule has 0 radical (unpaired) electrons. The van der Waals surface area contributed by atoms with E-state index in [1.165, 1.54) is 0 Å². The summed E-state index contributed by atoms with van der Waals surface area (Å²) in [6.07, 6.45) is 8.24. The van der Waals surface area contributed by atoms with Crippen LogP contribution in [0.25, 0.3) is 0 Å². The Labute approximate surface area is 170 Å². The second-order valence-corrected chi connectivity index (χ2v) is 9.01. The maximum absolute atomic E-state index is 13.9. The molecule has 0 saturated heterocycles. The van der Waals surface area contributed by atoms with Gasteiger partial charge in [0.1, 0.15) is 0 Å². The van der Waals surface area contributed by atoms with Crippen molar-refractivity contribution in [3.05, 3.63) is 34.4 Å². The molecular formula is C25H38O3. The van der Waals surface area contributed by atoms with Gasteiger partial charge in [0.05, 0.1) is 5.92 Å². The fourth-order valence-electron chi connectivity index (χ4n) is 5.40. The summed E-state index contributed by atoms with van der Waals surface area (Å²) in [4.78, 5) is 26.3. The largest absolute Gasteiger partial charge is 0.481 e. The van der Waals surface area contributed by atoms with Crippen molar-refractivity contribution in [1.82, 2.24) is 0 Å². The number of aryl methyl sites for hydroxylation is 3. The van der Waals surface area contributed by atoms with Gasteiger partial charge in [-0.25, -0.2) is 0 Å². The van der Waals surface area contributed by atoms with Crippen molar-refractivity contribution in [1.29, 1.82) is 0 Å². The molecule has 1 aliphatic rings. The van der Waals surface area contributed by atoms with Crippen LogP contribution >= 0.6 is 0 Å². The summed E-state index contributed by atoms with van der Waals surface area (Å²) in [5, 5.41) is 10.2. The first-order valence-electron chi connectivity index (χ1n) is 11.1. The highest BCUT2D eigenvalue weighted by atomic mass is 16.4. The maximum atomic E-state index is 13.9. The van der Waals surface area contributed by atoms with E-state index in [-0.39, 0.29) is 5.78 Å². The van der Waals surface area contributed by atoms with Gasteiger partial charge in [-0.2, -0.15) is 0 Å². The molecule has 2 unspecified atom stereocenters. The lowest BCUT2D eigenvalue weighted by Gasteiger charge is -2.36. The number of hydrogen-bond acceptors (Lipinski definition) is 2. The molecule has 1 aromatic carbocycles. The average Bonchev–Trinajstić information content (AvgIpc) is 3.11. The van der Waals surface area contributed by atoms with Crippen molar-refractivity contribution in [2.24, 2.45) is 17.3 Å². The zero-order valence-corrected chi connectivity index (χ0v) is 18.4. The van der Waals surface area contributed by atoms with Crippen molar-refractivity contribution in [2.75, 3.05) is 0 Å². The van der Waals surface area contributed by atoms with Gasteiger partial charge in [-0.3, -0.25) is 9.59 Å². The first kappa shape index (κ1) is 22.6. The van der Waals surface area contributed by atoms with Gasteiger partial charge in [0.25, 0.3) is 0 Å². The van der Waals surface area contributed by atoms with Crippen molar-refractivity contribution in [3.8, 4) is 0 Å². The van der Waals surface area contributed by atoms with Crippen LogP contribution in [0.1, 0.15) is 98.7 Å². The molecule has 28 heavy (non-hydrogen) atoms. The van der Waals surface area contributed by atoms with Crippen LogP contribution in [0.4, 0.5) is 0 Å². The molecule has 156 valence electrons. The Hall–Kier alpha value is -1.64. The number of rotatable bonds is 10. The molecule has 0 aromatic heterocycles. The van der Waals surface area contributed by atoms with Crippen molar-refractivity contribution < 1.29 is 14.7 Å². The number of ketones is 1. The molecule has 0 amide bonds. The van der Waals surface area contributed by atoms with Crippen LogP contribution in [0.15, 0.2) is 12.1 Å². The van der Waals surface area contributed by atoms with E-state index >= 15 is 0 Å². The molecule has 1 fully saturated rings. The fourth-order valence-corrected chi connectivity index (χ4v) is 5.40. The number of hydrogen-bond donors (Lipinski definition) is 1. The summed E-state index contributed by atoms with van der Waals surface area (Å²) in [5.74, 6) is -0.902. The molecule has 2 rings (SSSR count). The van der Waals surface area contributed by atoms with Gasteiger partial charge in [0.2, 0.25) is 0 Å². The second-order valence-electron chi connectivity index (χ2n) is 9.01. The van der Waals surface area contributed by atoms with E-state index in [0.717, 1.165) is 60.8 Å². The van der Waals surface area contributed by atoms with E-state index in [0.29, 0.717) is 25.2 Å². The molecule has 0 bridgehead atoms. The lowest BCUT2D eigenvalue weighted by atomic mass is 9.65. The van der Waals surface area contributed by atoms with Gasteiger partial charge in [0, 0.05) is 11.0 Å². The Balaban J connectivity index is 2.44. The number of carboxylic acid groups (broad SMARTS) is 1. The quantitative estimate of drug-likeness (QED) is 0.457. The molecule has 2 atom stereocenters. The number of aliphatic carboxylic acids is 1. The van der Waals surface area contributed by atoms with E-state index in [9.17, 15) is 14.7 Å². The highest BCUT2D eigenvalue weighted by Gasteiger charge is 2.51. The van der Waals surface area contributed by atoms with Crippen LogP contribution in [0.5, 0.6) is 0 Å². The van der Waals surface area contributed by atoms with Crippen LogP contribution in [0.2, 0.25) is 0 Å². The van der Waals surface area contributed by atoms with E-state index in [4.69, 9.17) is 0 Å². The number of unbranched alkanes of at least 4 members (excludes halogenated alkanes) is 1. The van der Waals surface area contributed by atoms with E-state index in [2.05, 4.69) is 26.0 Å². The topological polar surface area (TPSA) is 54.4 Å². The highest BCUT2D eigenvalue weighted by molar-refractivity contribution is 6.05. The lowest BCUT2D eigenvalue weighted by Crippen LogP contribution is -2.42. The third kappa shape index (κ3) is 4.67. The molecule has 1 aliphatic carbocycles. The van der Waals surface area contributed by atoms with Crippen molar-refractivity contribution >= 4 is 11.8 Å². The highest BCUT2D eigenvalue weighted by Crippen LogP contribution is 2.50. The molecule has 1 aromatic rings. The Morgan fingerprint density at radius 1 is 1.07 bits per heavy atom. The van der Waals surface area contributed by atoms with Crippen LogP contribution in [-0.4, -0.2) is 16.9 Å². The first-order chi connectivity index (χ1) is 13.3. The summed E-state index contributed by atoms with van der Waals surface area (Å²) in [5.41, 5.74) is 3.13. The molecule has 0 heterocycles. The van der Waals surface area contributed by atoms with Gasteiger partial charge in [-0.15, -0.1) is 0 Å². The zero-order chi connectivity index (χ0) is 20.9. The van der Waals surface area contributed by atoms with Gasteiger partial charge < -0.3 is 5.11 Å². The Bertz CT molecular complexity index is 675. The predicted octanol–water partition coefficient (Wildman–Crippen LogP) is 6.66. The van der Waals surface area contributed by atoms with E-state index < -0.39 is 17.3 Å². The van der Waals surface area contributed by atoms with Gasteiger partial charge in [0.15, 0.2) is 5.78 Å². The summed E-state index contributed by atoms with van der Waals surface area (Å²) in [7, 11) is 0. The SMILES string of the molecule is CCCCC(CC)CC(C(=O)O)C1(C(=O)c2c(C)cc(C)cc2C)CCCC1. The number of carboxylic acids is 1. The molecular weight excluding hydrogens is 348 g/mol. The molecule has 0 spiro atoms. The van der Waals surface area contributed by atoms with Crippen molar-refractivity contribution in [2.45, 2.75) is 92.4 Å². The van der Waals surface area contributed by atoms with E-state index in [1.54, 1.807) is 0 Å². The second kappa shape index (κ2) is 9.71. The lowest BCUT2D eigenvalue weighted by molar-refractivity contribution is -0.146. The minimum atomic E-state index is -0.785. The minimum Gasteiger partial charge on any atom is -0.481 e. The fraction of sp³-hybridized carbons (Fsp3) is 0.680. The molecule has 3 nitrogen and oxygen atoms in total. The standard InChI is InChI=1S/C25H38O3/c1-6-8-11-20(7-2)16-21(24(27)28)25(12-9-10-13-25)23(26)22-18(4)14-17(3)15-19(22)5/h14-15,20-21H,6-13,16H2,1-5H3,(H,27,28). The molecule has 0 aliphatic heterocycles. The average molecular weight is 387 g/mol. The number of carbonyl (C=O) groups excluding carboxylic acids is 1. The monoisotopic (exact) mass is 386 g/mol. The molecule has 3 heteroatoms. The number of benzene rings is 1. The molecule has 1 saturated carbocycles. The first-order valence-corrected chi connectivity index (χ1v) is 11.1. The summed E-state index contributed by atoms with van der Waals surface area (Å²) < 4.78 is 0. The van der Waals surface area contributed by atoms with Gasteiger partial charge >= 0.3 is 5.97 Å². The van der Waals surface area contributed by atoms with Crippen molar-refractivity contribution in [3.63, 3.8) is 0 Å². The van der Waals surface area contributed by atoms with Crippen LogP contribution < -0.4 is 0 Å². The van der Waals surface area contributed by atoms with E-state index in [1.807, 2.05) is 20.8 Å². The number of carbonyl (C=O) groups is 2. The number of Topliss-reactive ketones (excluding diaryl/α,β-unsaturated/α-hetero) is 1. The van der Waals surface area contributed by atoms with Crippen LogP contribution in [0.3, 0.4) is 0 Å². The third-order valence-electron chi connectivity index (χ3n) is 6.93. The summed E-state index contributed by atoms with van der Waals surface area (Å²) in [6, 6.07) is 4.10. The zero-order valence-electron chi connectivity index (χ0n) is 18.4. The predicted molar refractivity (Wildman–Crippen MR) is 115 cm³/mol. The molecule has 1 N–H and O–H groups in total. The summed E-state index contributed by atoms with van der Waals surface area (Å²) >= 11 is 0. The van der Waals surface area contributed by atoms with Gasteiger partial charge in [-0.05, 0) is 57.1 Å². The Morgan fingerprint density at radius 2 is 1.64 bits per heavy atom. The summed E-state index contributed by atoms with van der Waals surface area (Å²) in [6.45, 7) is 10.3. The third-order valence-corrected chi connectivity index (χ3v) is 6.93. The normalized spacial score (nSPS) is 18.0. The van der Waals surface area contributed by atoms with Crippen LogP contribution in [-0.2, 0) is 4.79 Å². The van der Waals surface area contributed by atoms with Crippen LogP contribution in [0, 0.1) is 38.0 Å².